The van der Waals surface area contributed by atoms with Gasteiger partial charge in [-0.15, -0.1) is 0 Å². The van der Waals surface area contributed by atoms with Crippen LogP contribution in [-0.4, -0.2) is 40.2 Å². The van der Waals surface area contributed by atoms with Crippen molar-refractivity contribution in [3.8, 4) is 11.5 Å². The average Bonchev–Trinajstić information content (AvgIpc) is 2.61. The van der Waals surface area contributed by atoms with E-state index in [1.165, 1.54) is 0 Å². The molecule has 0 spiro atoms. The number of carbonyl (C=O) groups is 2. The number of carboxylic acids is 1. The van der Waals surface area contributed by atoms with Crippen LogP contribution in [-0.2, 0) is 0 Å². The number of ether oxygens (including phenoxy) is 2. The predicted molar refractivity (Wildman–Crippen MR) is 82.3 cm³/mol. The summed E-state index contributed by atoms with van der Waals surface area (Å²) in [5.74, 6) is -0.315. The molecular formula is C16H15N3O5. The second-order valence-corrected chi connectivity index (χ2v) is 5.19. The van der Waals surface area contributed by atoms with E-state index in [1.54, 1.807) is 6.07 Å². The summed E-state index contributed by atoms with van der Waals surface area (Å²) in [6.45, 7) is 2.83. The molecule has 2 N–H and O–H groups in total. The summed E-state index contributed by atoms with van der Waals surface area (Å²) < 4.78 is 11.0. The summed E-state index contributed by atoms with van der Waals surface area (Å²) in [6.07, 6.45) is 2.18. The molecule has 0 fully saturated rings. The van der Waals surface area contributed by atoms with Gasteiger partial charge in [0.25, 0.3) is 5.91 Å². The maximum absolute atomic E-state index is 12.2. The van der Waals surface area contributed by atoms with E-state index in [9.17, 15) is 9.59 Å². The maximum atomic E-state index is 12.2. The zero-order chi connectivity index (χ0) is 17.1. The van der Waals surface area contributed by atoms with Crippen molar-refractivity contribution in [1.82, 2.24) is 15.3 Å². The van der Waals surface area contributed by atoms with Crippen LogP contribution in [0.3, 0.4) is 0 Å². The lowest BCUT2D eigenvalue weighted by Gasteiger charge is -2.21. The molecule has 8 heteroatoms. The Hall–Kier alpha value is -3.16. The van der Waals surface area contributed by atoms with Crippen molar-refractivity contribution in [2.75, 3.05) is 13.2 Å². The highest BCUT2D eigenvalue weighted by atomic mass is 16.6. The Balaban J connectivity index is 1.70. The zero-order valence-electron chi connectivity index (χ0n) is 12.9. The van der Waals surface area contributed by atoms with Gasteiger partial charge in [-0.3, -0.25) is 4.79 Å². The molecule has 0 aliphatic carbocycles. The van der Waals surface area contributed by atoms with Crippen LogP contribution in [0.1, 0.15) is 39.5 Å². The summed E-state index contributed by atoms with van der Waals surface area (Å²) in [7, 11) is 0. The topological polar surface area (TPSA) is 111 Å². The van der Waals surface area contributed by atoms with Crippen molar-refractivity contribution in [1.29, 1.82) is 0 Å². The van der Waals surface area contributed by atoms with Gasteiger partial charge in [0.2, 0.25) is 0 Å². The Kier molecular flexibility index (Phi) is 4.28. The molecule has 1 amide bonds. The van der Waals surface area contributed by atoms with E-state index in [2.05, 4.69) is 15.3 Å². The molecule has 0 saturated carbocycles. The first-order valence-corrected chi connectivity index (χ1v) is 7.30. The third-order valence-electron chi connectivity index (χ3n) is 3.52. The highest BCUT2D eigenvalue weighted by molar-refractivity contribution is 5.93. The van der Waals surface area contributed by atoms with Crippen LogP contribution in [0.25, 0.3) is 0 Å². The molecule has 3 rings (SSSR count). The van der Waals surface area contributed by atoms with Crippen molar-refractivity contribution >= 4 is 11.9 Å². The number of amides is 1. The number of carbonyl (C=O) groups excluding carboxylic acids is 1. The van der Waals surface area contributed by atoms with Gasteiger partial charge in [-0.05, 0) is 24.6 Å². The summed E-state index contributed by atoms with van der Waals surface area (Å²) in [5, 5.41) is 11.6. The van der Waals surface area contributed by atoms with Gasteiger partial charge in [-0.1, -0.05) is 6.07 Å². The molecule has 1 atom stereocenters. The van der Waals surface area contributed by atoms with Gasteiger partial charge >= 0.3 is 5.97 Å². The van der Waals surface area contributed by atoms with Crippen LogP contribution in [0, 0.1) is 0 Å². The Morgan fingerprint density at radius 3 is 2.46 bits per heavy atom. The predicted octanol–water partition coefficient (Wildman–Crippen LogP) is 1.44. The minimum Gasteiger partial charge on any atom is -0.486 e. The van der Waals surface area contributed by atoms with E-state index in [1.807, 2.05) is 19.1 Å². The molecule has 8 nitrogen and oxygen atoms in total. The largest absolute Gasteiger partial charge is 0.486 e. The molecule has 124 valence electrons. The third kappa shape index (κ3) is 3.27. The second kappa shape index (κ2) is 6.53. The first-order chi connectivity index (χ1) is 11.5. The Morgan fingerprint density at radius 1 is 1.12 bits per heavy atom. The first-order valence-electron chi connectivity index (χ1n) is 7.30. The van der Waals surface area contributed by atoms with Crippen molar-refractivity contribution in [2.45, 2.75) is 13.0 Å². The number of aromatic nitrogens is 2. The van der Waals surface area contributed by atoms with Gasteiger partial charge in [-0.2, -0.15) is 0 Å². The van der Waals surface area contributed by atoms with Crippen LogP contribution in [0.2, 0.25) is 0 Å². The smallest absolute Gasteiger partial charge is 0.356 e. The second-order valence-electron chi connectivity index (χ2n) is 5.19. The fourth-order valence-electron chi connectivity index (χ4n) is 2.24. The number of nitrogens with one attached hydrogen (secondary N) is 1. The molecule has 1 aliphatic rings. The molecule has 0 bridgehead atoms. The molecule has 0 radical (unpaired) electrons. The number of fused-ring (bicyclic) bond motifs is 1. The van der Waals surface area contributed by atoms with Gasteiger partial charge in [0, 0.05) is 0 Å². The van der Waals surface area contributed by atoms with Gasteiger partial charge in [0.15, 0.2) is 17.2 Å². The van der Waals surface area contributed by atoms with Crippen LogP contribution < -0.4 is 14.8 Å². The van der Waals surface area contributed by atoms with E-state index >= 15 is 0 Å². The average molecular weight is 329 g/mol. The van der Waals surface area contributed by atoms with Crippen molar-refractivity contribution in [3.63, 3.8) is 0 Å². The molecule has 1 aromatic heterocycles. The molecule has 1 unspecified atom stereocenters. The highest BCUT2D eigenvalue weighted by Gasteiger charge is 2.17. The standard InChI is InChI=1S/C16H15N3O5/c1-9(10-2-3-13-14(6-10)24-5-4-23-13)19-15(20)11-7-18-12(8-17-11)16(21)22/h2-3,6-9H,4-5H2,1H3,(H,19,20)(H,21,22). The van der Waals surface area contributed by atoms with E-state index in [0.29, 0.717) is 24.7 Å². The summed E-state index contributed by atoms with van der Waals surface area (Å²) >= 11 is 0. The minimum absolute atomic E-state index is 0.0457. The van der Waals surface area contributed by atoms with Gasteiger partial charge in [0.05, 0.1) is 18.4 Å². The minimum atomic E-state index is -1.20. The summed E-state index contributed by atoms with van der Waals surface area (Å²) in [6, 6.07) is 5.17. The Bertz CT molecular complexity index is 776. The number of hydrogen-bond donors (Lipinski definition) is 2. The van der Waals surface area contributed by atoms with E-state index < -0.39 is 11.9 Å². The molecule has 24 heavy (non-hydrogen) atoms. The van der Waals surface area contributed by atoms with Crippen molar-refractivity contribution in [2.24, 2.45) is 0 Å². The monoisotopic (exact) mass is 329 g/mol. The molecule has 1 aliphatic heterocycles. The number of rotatable bonds is 4. The summed E-state index contributed by atoms with van der Waals surface area (Å²) in [4.78, 5) is 30.4. The number of aromatic carboxylic acids is 1. The molecule has 2 heterocycles. The van der Waals surface area contributed by atoms with Gasteiger partial charge in [-0.25, -0.2) is 14.8 Å². The fourth-order valence-corrected chi connectivity index (χ4v) is 2.24. The van der Waals surface area contributed by atoms with Crippen LogP contribution in [0.15, 0.2) is 30.6 Å². The normalized spacial score (nSPS) is 13.9. The lowest BCUT2D eigenvalue weighted by atomic mass is 10.1. The maximum Gasteiger partial charge on any atom is 0.356 e. The lowest BCUT2D eigenvalue weighted by Crippen LogP contribution is -2.28. The number of nitrogens with zero attached hydrogens (tertiary/aromatic N) is 2. The quantitative estimate of drug-likeness (QED) is 0.873. The lowest BCUT2D eigenvalue weighted by molar-refractivity contribution is 0.0689. The van der Waals surface area contributed by atoms with Crippen molar-refractivity contribution in [3.05, 3.63) is 47.5 Å². The van der Waals surface area contributed by atoms with Crippen LogP contribution >= 0.6 is 0 Å². The SMILES string of the molecule is CC(NC(=O)c1cnc(C(=O)O)cn1)c1ccc2c(c1)OCCO2. The number of carboxylic acid groups (broad SMARTS) is 1. The molecular weight excluding hydrogens is 314 g/mol. The van der Waals surface area contributed by atoms with E-state index in [-0.39, 0.29) is 17.4 Å². The highest BCUT2D eigenvalue weighted by Crippen LogP contribution is 2.32. The zero-order valence-corrected chi connectivity index (χ0v) is 12.9. The fraction of sp³-hybridized carbons (Fsp3) is 0.250. The van der Waals surface area contributed by atoms with E-state index in [0.717, 1.165) is 18.0 Å². The third-order valence-corrected chi connectivity index (χ3v) is 3.52. The first kappa shape index (κ1) is 15.7. The summed E-state index contributed by atoms with van der Waals surface area (Å²) in [5.41, 5.74) is 0.679. The van der Waals surface area contributed by atoms with Crippen LogP contribution in [0.5, 0.6) is 11.5 Å². The Labute approximate surface area is 137 Å². The van der Waals surface area contributed by atoms with E-state index in [4.69, 9.17) is 14.6 Å². The number of benzene rings is 1. The van der Waals surface area contributed by atoms with Crippen molar-refractivity contribution < 1.29 is 24.2 Å². The van der Waals surface area contributed by atoms with Gasteiger partial charge in [0.1, 0.15) is 18.9 Å². The van der Waals surface area contributed by atoms with Crippen LogP contribution in [0.4, 0.5) is 0 Å². The number of hydrogen-bond acceptors (Lipinski definition) is 6. The Morgan fingerprint density at radius 2 is 1.79 bits per heavy atom. The van der Waals surface area contributed by atoms with Gasteiger partial charge < -0.3 is 19.9 Å². The molecule has 1 aromatic carbocycles. The molecule has 0 saturated heterocycles. The molecule has 2 aromatic rings.